The monoisotopic (exact) mass is 502 g/mol. The number of likely N-dealkylation sites (N-methyl/N-ethyl adjacent to an activating group) is 1. The molecule has 0 aliphatic carbocycles. The van der Waals surface area contributed by atoms with Crippen molar-refractivity contribution in [2.45, 2.75) is 32.5 Å². The Morgan fingerprint density at radius 3 is 2.63 bits per heavy atom. The van der Waals surface area contributed by atoms with Gasteiger partial charge in [0.2, 0.25) is 0 Å². The van der Waals surface area contributed by atoms with Crippen molar-refractivity contribution < 1.29 is 4.79 Å². The minimum atomic E-state index is -0.243. The van der Waals surface area contributed by atoms with Gasteiger partial charge in [-0.15, -0.1) is 11.3 Å². The molecule has 7 heteroatoms. The summed E-state index contributed by atoms with van der Waals surface area (Å²) in [7, 11) is 2.17. The van der Waals surface area contributed by atoms with Crippen LogP contribution in [0.25, 0.3) is 5.00 Å². The third-order valence-corrected chi connectivity index (χ3v) is 8.60. The van der Waals surface area contributed by atoms with E-state index in [1.54, 1.807) is 0 Å². The van der Waals surface area contributed by atoms with Crippen LogP contribution in [-0.2, 0) is 19.5 Å². The van der Waals surface area contributed by atoms with Crippen molar-refractivity contribution in [1.29, 1.82) is 0 Å². The Balaban J connectivity index is 1.50. The Morgan fingerprint density at radius 1 is 1.03 bits per heavy atom. The predicted molar refractivity (Wildman–Crippen MR) is 143 cm³/mol. The van der Waals surface area contributed by atoms with Gasteiger partial charge in [0.1, 0.15) is 5.00 Å². The van der Waals surface area contributed by atoms with E-state index in [-0.39, 0.29) is 12.1 Å². The van der Waals surface area contributed by atoms with Crippen LogP contribution in [0.5, 0.6) is 0 Å². The molecule has 4 heterocycles. The van der Waals surface area contributed by atoms with E-state index in [9.17, 15) is 4.79 Å². The van der Waals surface area contributed by atoms with Crippen molar-refractivity contribution in [3.8, 4) is 5.00 Å². The van der Waals surface area contributed by atoms with Crippen LogP contribution in [0, 0.1) is 6.92 Å². The number of carbonyl (C=O) groups excluding carboxylic acids is 1. The number of nitrogens with one attached hydrogen (secondary N) is 1. The summed E-state index contributed by atoms with van der Waals surface area (Å²) < 4.78 is 2.29. The summed E-state index contributed by atoms with van der Waals surface area (Å²) in [5.74, 6) is 0. The quantitative estimate of drug-likeness (QED) is 0.334. The number of carbonyl (C=O) groups is 1. The molecule has 0 unspecified atom stereocenters. The van der Waals surface area contributed by atoms with E-state index >= 15 is 0 Å². The molecule has 35 heavy (non-hydrogen) atoms. The van der Waals surface area contributed by atoms with Crippen molar-refractivity contribution in [3.63, 3.8) is 0 Å². The topological polar surface area (TPSA) is 40.5 Å². The van der Waals surface area contributed by atoms with Gasteiger partial charge in [0.25, 0.3) is 0 Å². The molecule has 5 nitrogen and oxygen atoms in total. The fraction of sp³-hybridized carbons (Fsp3) is 0.250. The Hall–Kier alpha value is -3.06. The largest absolute Gasteiger partial charge is 0.322 e. The second kappa shape index (κ2) is 8.86. The Kier molecular flexibility index (Phi) is 5.67. The van der Waals surface area contributed by atoms with Crippen LogP contribution in [0.1, 0.15) is 38.9 Å². The van der Waals surface area contributed by atoms with E-state index in [2.05, 4.69) is 40.2 Å². The van der Waals surface area contributed by atoms with E-state index in [1.807, 2.05) is 71.7 Å². The molecule has 1 atom stereocenters. The highest BCUT2D eigenvalue weighted by atomic mass is 35.5. The van der Waals surface area contributed by atoms with Gasteiger partial charge < -0.3 is 19.7 Å². The molecule has 4 aromatic rings. The molecule has 2 amide bonds. The zero-order valence-electron chi connectivity index (χ0n) is 19.8. The number of para-hydroxylation sites is 1. The summed E-state index contributed by atoms with van der Waals surface area (Å²) in [5.41, 5.74) is 6.68. The number of hydrogen-bond donors (Lipinski definition) is 1. The van der Waals surface area contributed by atoms with E-state index in [4.69, 9.17) is 11.6 Å². The summed E-state index contributed by atoms with van der Waals surface area (Å²) in [6, 6.07) is 19.6. The van der Waals surface area contributed by atoms with Crippen molar-refractivity contribution in [1.82, 2.24) is 14.4 Å². The summed E-state index contributed by atoms with van der Waals surface area (Å²) in [6.45, 7) is 4.56. The molecular weight excluding hydrogens is 476 g/mol. The molecule has 0 fully saturated rings. The first-order chi connectivity index (χ1) is 17.0. The lowest BCUT2D eigenvalue weighted by Gasteiger charge is -2.32. The van der Waals surface area contributed by atoms with Crippen molar-refractivity contribution >= 4 is 34.7 Å². The zero-order valence-corrected chi connectivity index (χ0v) is 21.4. The van der Waals surface area contributed by atoms with Gasteiger partial charge in [-0.05, 0) is 67.4 Å². The molecular formula is C28H27ClN4OS. The minimum Gasteiger partial charge on any atom is -0.310 e. The summed E-state index contributed by atoms with van der Waals surface area (Å²) in [4.78, 5) is 19.7. The number of benzene rings is 2. The van der Waals surface area contributed by atoms with Gasteiger partial charge >= 0.3 is 6.03 Å². The molecule has 0 spiro atoms. The van der Waals surface area contributed by atoms with Crippen LogP contribution in [0.4, 0.5) is 10.5 Å². The highest BCUT2D eigenvalue weighted by Gasteiger charge is 2.36. The highest BCUT2D eigenvalue weighted by Crippen LogP contribution is 2.43. The number of thiophene rings is 1. The molecule has 6 rings (SSSR count). The van der Waals surface area contributed by atoms with E-state index in [0.29, 0.717) is 11.6 Å². The molecule has 1 N–H and O–H groups in total. The number of amides is 2. The fourth-order valence-electron chi connectivity index (χ4n) is 5.25. The second-order valence-electron chi connectivity index (χ2n) is 9.41. The molecule has 0 saturated heterocycles. The molecule has 2 aliphatic heterocycles. The molecule has 178 valence electrons. The minimum absolute atomic E-state index is 0.104. The predicted octanol–water partition coefficient (Wildman–Crippen LogP) is 6.63. The maximum Gasteiger partial charge on any atom is 0.322 e. The van der Waals surface area contributed by atoms with Gasteiger partial charge in [-0.2, -0.15) is 0 Å². The summed E-state index contributed by atoms with van der Waals surface area (Å²) in [6.07, 6.45) is 3.14. The Bertz CT molecular complexity index is 1410. The molecule has 0 radical (unpaired) electrons. The third-order valence-electron chi connectivity index (χ3n) is 7.09. The second-order valence-corrected chi connectivity index (χ2v) is 10.9. The first kappa shape index (κ1) is 22.4. The van der Waals surface area contributed by atoms with Crippen LogP contribution >= 0.6 is 22.9 Å². The van der Waals surface area contributed by atoms with Gasteiger partial charge in [-0.25, -0.2) is 4.79 Å². The van der Waals surface area contributed by atoms with Crippen LogP contribution in [0.2, 0.25) is 5.02 Å². The smallest absolute Gasteiger partial charge is 0.310 e. The molecule has 2 aliphatic rings. The highest BCUT2D eigenvalue weighted by molar-refractivity contribution is 7.15. The number of rotatable bonds is 2. The lowest BCUT2D eigenvalue weighted by molar-refractivity contribution is 0.194. The van der Waals surface area contributed by atoms with Gasteiger partial charge in [-0.1, -0.05) is 41.9 Å². The molecule has 2 aromatic carbocycles. The number of fused-ring (bicyclic) bond motifs is 5. The van der Waals surface area contributed by atoms with E-state index < -0.39 is 0 Å². The number of halogens is 1. The number of anilines is 1. The van der Waals surface area contributed by atoms with E-state index in [0.717, 1.165) is 42.0 Å². The average molecular weight is 503 g/mol. The first-order valence-electron chi connectivity index (χ1n) is 11.9. The van der Waals surface area contributed by atoms with Crippen molar-refractivity contribution in [3.05, 3.63) is 105 Å². The van der Waals surface area contributed by atoms with Crippen molar-refractivity contribution in [2.75, 3.05) is 18.9 Å². The van der Waals surface area contributed by atoms with Crippen LogP contribution in [0.3, 0.4) is 0 Å². The number of urea groups is 1. The first-order valence-corrected chi connectivity index (χ1v) is 13.1. The summed E-state index contributed by atoms with van der Waals surface area (Å²) >= 11 is 8.10. The normalized spacial score (nSPS) is 17.3. The zero-order chi connectivity index (χ0) is 24.1. The van der Waals surface area contributed by atoms with Gasteiger partial charge in [0, 0.05) is 40.4 Å². The summed E-state index contributed by atoms with van der Waals surface area (Å²) in [5, 5.41) is 5.12. The van der Waals surface area contributed by atoms with Crippen LogP contribution < -0.4 is 5.32 Å². The van der Waals surface area contributed by atoms with Gasteiger partial charge in [-0.3, -0.25) is 0 Å². The Morgan fingerprint density at radius 2 is 1.83 bits per heavy atom. The maximum atomic E-state index is 14.0. The van der Waals surface area contributed by atoms with E-state index in [1.165, 1.54) is 21.0 Å². The van der Waals surface area contributed by atoms with Gasteiger partial charge in [0.15, 0.2) is 0 Å². The lowest BCUT2D eigenvalue weighted by atomic mass is 10.0. The van der Waals surface area contributed by atoms with Crippen LogP contribution in [-0.4, -0.2) is 34.0 Å². The maximum absolute atomic E-state index is 14.0. The van der Waals surface area contributed by atoms with Crippen LogP contribution in [0.15, 0.2) is 66.9 Å². The number of hydrogen-bond acceptors (Lipinski definition) is 3. The standard InChI is InChI=1S/C28H27ClN4OS/c1-18-6-3-4-7-23(18)30-28(34)33-16-22-21-13-15-31(2)17-25(21)35-27(22)32-14-5-8-24(32)26(33)19-9-11-20(29)12-10-19/h3-12,14,26H,13,15-17H2,1-2H3,(H,30,34)/t26-/m1/s1. The average Bonchev–Trinajstić information content (AvgIpc) is 3.43. The molecule has 2 aromatic heterocycles. The number of nitrogens with zero attached hydrogens (tertiary/aromatic N) is 3. The van der Waals surface area contributed by atoms with Crippen molar-refractivity contribution in [2.24, 2.45) is 0 Å². The third kappa shape index (κ3) is 3.96. The SMILES string of the molecule is Cc1ccccc1NC(=O)N1Cc2c(sc3c2CCN(C)C3)-n2cccc2[C@H]1c1ccc(Cl)cc1. The Labute approximate surface area is 214 Å². The number of aryl methyl sites for hydroxylation is 1. The molecule has 0 saturated carbocycles. The van der Waals surface area contributed by atoms with Gasteiger partial charge in [0.05, 0.1) is 18.3 Å². The number of aromatic nitrogens is 1. The lowest BCUT2D eigenvalue weighted by Crippen LogP contribution is -2.38. The fourth-order valence-corrected chi connectivity index (χ4v) is 6.82. The molecule has 0 bridgehead atoms.